The molecule has 1 aromatic rings. The summed E-state index contributed by atoms with van der Waals surface area (Å²) < 4.78 is 47.9. The summed E-state index contributed by atoms with van der Waals surface area (Å²) in [6, 6.07) is 5.79. The second-order valence-electron chi connectivity index (χ2n) is 7.67. The van der Waals surface area contributed by atoms with Gasteiger partial charge in [0.2, 0.25) is 0 Å². The molecule has 1 heterocycles. The zero-order valence-electron chi connectivity index (χ0n) is 16.2. The molecule has 3 rings (SSSR count). The van der Waals surface area contributed by atoms with Gasteiger partial charge in [-0.15, -0.1) is 0 Å². The molecule has 4 atom stereocenters. The highest BCUT2D eigenvalue weighted by Gasteiger charge is 2.42. The second-order valence-corrected chi connectivity index (χ2v) is 8.81. The Bertz CT molecular complexity index is 685. The SMILES string of the molecule is COC(=O)CCCN1C[C@H]2C[C@@H](Oc3ccc(SC(F)(F)F)cc3)[C@H](O)C[C@H]2C1. The van der Waals surface area contributed by atoms with Gasteiger partial charge in [0.05, 0.1) is 13.2 Å². The van der Waals surface area contributed by atoms with Crippen LogP contribution in [0.1, 0.15) is 25.7 Å². The highest BCUT2D eigenvalue weighted by Crippen LogP contribution is 2.39. The summed E-state index contributed by atoms with van der Waals surface area (Å²) in [5.41, 5.74) is -4.32. The lowest BCUT2D eigenvalue weighted by Gasteiger charge is -2.35. The van der Waals surface area contributed by atoms with Crippen LogP contribution in [0.4, 0.5) is 13.2 Å². The van der Waals surface area contributed by atoms with Gasteiger partial charge in [-0.25, -0.2) is 0 Å². The van der Waals surface area contributed by atoms with E-state index in [0.29, 0.717) is 36.8 Å². The van der Waals surface area contributed by atoms with Gasteiger partial charge in [0.1, 0.15) is 11.9 Å². The van der Waals surface area contributed by atoms with Gasteiger partial charge >= 0.3 is 11.5 Å². The van der Waals surface area contributed by atoms with Crippen LogP contribution in [-0.4, -0.2) is 60.4 Å². The van der Waals surface area contributed by atoms with Crippen molar-refractivity contribution < 1.29 is 32.5 Å². The molecule has 1 saturated heterocycles. The third-order valence-electron chi connectivity index (χ3n) is 5.59. The first-order chi connectivity index (χ1) is 13.7. The number of esters is 1. The summed E-state index contributed by atoms with van der Waals surface area (Å²) in [4.78, 5) is 13.7. The van der Waals surface area contributed by atoms with Crippen molar-refractivity contribution in [3.8, 4) is 5.75 Å². The summed E-state index contributed by atoms with van der Waals surface area (Å²) in [5.74, 6) is 1.06. The second kappa shape index (κ2) is 9.57. The maximum absolute atomic E-state index is 12.4. The molecular weight excluding hydrogens is 407 g/mol. The van der Waals surface area contributed by atoms with Crippen molar-refractivity contribution >= 4 is 17.7 Å². The number of rotatable bonds is 7. The Morgan fingerprint density at radius 2 is 1.86 bits per heavy atom. The molecule has 0 aromatic heterocycles. The first kappa shape index (κ1) is 22.2. The number of ether oxygens (including phenoxy) is 2. The Morgan fingerprint density at radius 3 is 2.48 bits per heavy atom. The van der Waals surface area contributed by atoms with Gasteiger partial charge in [-0.05, 0) is 73.7 Å². The number of hydrogen-bond donors (Lipinski definition) is 1. The molecule has 0 amide bonds. The Balaban J connectivity index is 1.49. The number of methoxy groups -OCH3 is 1. The van der Waals surface area contributed by atoms with Crippen molar-refractivity contribution in [2.24, 2.45) is 11.8 Å². The van der Waals surface area contributed by atoms with Gasteiger partial charge in [-0.2, -0.15) is 13.2 Å². The number of carbonyl (C=O) groups excluding carboxylic acids is 1. The Kier molecular flexibility index (Phi) is 7.34. The van der Waals surface area contributed by atoms with Crippen LogP contribution >= 0.6 is 11.8 Å². The number of fused-ring (bicyclic) bond motifs is 1. The van der Waals surface area contributed by atoms with E-state index in [1.54, 1.807) is 0 Å². The van der Waals surface area contributed by atoms with Crippen LogP contribution in [0, 0.1) is 11.8 Å². The summed E-state index contributed by atoms with van der Waals surface area (Å²) in [6.07, 6.45) is 1.53. The number of likely N-dealkylation sites (tertiary alicyclic amines) is 1. The lowest BCUT2D eigenvalue weighted by molar-refractivity contribution is -0.140. The maximum Gasteiger partial charge on any atom is 0.446 e. The van der Waals surface area contributed by atoms with E-state index >= 15 is 0 Å². The number of aliphatic hydroxyl groups excluding tert-OH is 1. The molecule has 2 fully saturated rings. The molecule has 1 aromatic carbocycles. The van der Waals surface area contributed by atoms with Crippen molar-refractivity contribution in [2.75, 3.05) is 26.7 Å². The number of aliphatic hydroxyl groups is 1. The van der Waals surface area contributed by atoms with Crippen LogP contribution in [0.2, 0.25) is 0 Å². The maximum atomic E-state index is 12.4. The van der Waals surface area contributed by atoms with Crippen LogP contribution in [0.15, 0.2) is 29.2 Å². The van der Waals surface area contributed by atoms with Crippen molar-refractivity contribution in [3.05, 3.63) is 24.3 Å². The van der Waals surface area contributed by atoms with E-state index < -0.39 is 11.6 Å². The largest absolute Gasteiger partial charge is 0.488 e. The molecule has 1 N–H and O–H groups in total. The van der Waals surface area contributed by atoms with Gasteiger partial charge in [0, 0.05) is 24.4 Å². The van der Waals surface area contributed by atoms with E-state index in [1.165, 1.54) is 31.4 Å². The number of hydrogen-bond acceptors (Lipinski definition) is 6. The first-order valence-corrected chi connectivity index (χ1v) is 10.5. The molecule has 2 aliphatic rings. The van der Waals surface area contributed by atoms with Crippen LogP contribution < -0.4 is 4.74 Å². The van der Waals surface area contributed by atoms with E-state index in [9.17, 15) is 23.1 Å². The van der Waals surface area contributed by atoms with Gasteiger partial charge in [0.15, 0.2) is 0 Å². The average molecular weight is 433 g/mol. The molecular formula is C20H26F3NO4S. The fraction of sp³-hybridized carbons (Fsp3) is 0.650. The molecule has 162 valence electrons. The molecule has 0 radical (unpaired) electrons. The predicted octanol–water partition coefficient (Wildman–Crippen LogP) is 3.70. The first-order valence-electron chi connectivity index (χ1n) is 9.73. The normalized spacial score (nSPS) is 27.5. The van der Waals surface area contributed by atoms with Gasteiger partial charge < -0.3 is 19.5 Å². The average Bonchev–Trinajstić information content (AvgIpc) is 3.03. The lowest BCUT2D eigenvalue weighted by atomic mass is 9.78. The molecule has 0 spiro atoms. The number of nitrogens with zero attached hydrogens (tertiary/aromatic N) is 1. The lowest BCUT2D eigenvalue weighted by Crippen LogP contribution is -2.42. The minimum atomic E-state index is -4.32. The highest BCUT2D eigenvalue weighted by atomic mass is 32.2. The Morgan fingerprint density at radius 1 is 1.21 bits per heavy atom. The molecule has 9 heteroatoms. The van der Waals surface area contributed by atoms with Gasteiger partial charge in [0.25, 0.3) is 0 Å². The Hall–Kier alpha value is -1.45. The number of carbonyl (C=O) groups is 1. The van der Waals surface area contributed by atoms with Crippen LogP contribution in [0.3, 0.4) is 0 Å². The molecule has 29 heavy (non-hydrogen) atoms. The fourth-order valence-corrected chi connectivity index (χ4v) is 4.78. The zero-order valence-corrected chi connectivity index (χ0v) is 17.0. The van der Waals surface area contributed by atoms with E-state index in [-0.39, 0.29) is 28.7 Å². The van der Waals surface area contributed by atoms with Crippen LogP contribution in [0.25, 0.3) is 0 Å². The van der Waals surface area contributed by atoms with Crippen molar-refractivity contribution in [1.29, 1.82) is 0 Å². The van der Waals surface area contributed by atoms with E-state index in [4.69, 9.17) is 4.74 Å². The predicted molar refractivity (Wildman–Crippen MR) is 103 cm³/mol. The minimum Gasteiger partial charge on any atom is -0.488 e. The smallest absolute Gasteiger partial charge is 0.446 e. The third kappa shape index (κ3) is 6.52. The summed E-state index contributed by atoms with van der Waals surface area (Å²) in [5, 5.41) is 10.5. The molecule has 0 unspecified atom stereocenters. The number of alkyl halides is 3. The summed E-state index contributed by atoms with van der Waals surface area (Å²) in [7, 11) is 1.39. The van der Waals surface area contributed by atoms with Crippen molar-refractivity contribution in [1.82, 2.24) is 4.90 Å². The highest BCUT2D eigenvalue weighted by molar-refractivity contribution is 8.00. The topological polar surface area (TPSA) is 59.0 Å². The van der Waals surface area contributed by atoms with Crippen molar-refractivity contribution in [2.45, 2.75) is 48.3 Å². The standard InChI is InChI=1S/C20H26F3NO4S/c1-27-19(26)3-2-8-24-11-13-9-17(25)18(10-14(13)12-24)28-15-4-6-16(7-5-15)29-20(21,22)23/h4-7,13-14,17-18,25H,2-3,8-12H2,1H3/t13-,14+,17+,18+/m0/s1. The Labute approximate surface area is 172 Å². The van der Waals surface area contributed by atoms with Gasteiger partial charge in [-0.1, -0.05) is 0 Å². The summed E-state index contributed by atoms with van der Waals surface area (Å²) in [6.45, 7) is 2.63. The molecule has 0 bridgehead atoms. The fourth-order valence-electron chi connectivity index (χ4n) is 4.24. The molecule has 1 aliphatic heterocycles. The number of thioether (sulfide) groups is 1. The van der Waals surface area contributed by atoms with E-state index in [1.807, 2.05) is 0 Å². The zero-order chi connectivity index (χ0) is 21.0. The number of benzene rings is 1. The molecule has 1 saturated carbocycles. The van der Waals surface area contributed by atoms with Crippen LogP contribution in [0.5, 0.6) is 5.75 Å². The van der Waals surface area contributed by atoms with E-state index in [2.05, 4.69) is 9.64 Å². The molecule has 5 nitrogen and oxygen atoms in total. The monoisotopic (exact) mass is 433 g/mol. The quantitative estimate of drug-likeness (QED) is 0.523. The molecule has 1 aliphatic carbocycles. The van der Waals surface area contributed by atoms with E-state index in [0.717, 1.165) is 26.1 Å². The van der Waals surface area contributed by atoms with Crippen molar-refractivity contribution in [3.63, 3.8) is 0 Å². The minimum absolute atomic E-state index is 0.104. The van der Waals surface area contributed by atoms with Gasteiger partial charge in [-0.3, -0.25) is 4.79 Å². The number of halogens is 3. The summed E-state index contributed by atoms with van der Waals surface area (Å²) >= 11 is -0.161. The van der Waals surface area contributed by atoms with Crippen LogP contribution in [-0.2, 0) is 9.53 Å². The third-order valence-corrected chi connectivity index (χ3v) is 6.33.